The van der Waals surface area contributed by atoms with Crippen LogP contribution in [0.5, 0.6) is 0 Å². The Bertz CT molecular complexity index is 537. The van der Waals surface area contributed by atoms with Crippen molar-refractivity contribution < 1.29 is 102 Å². The predicted octanol–water partition coefficient (Wildman–Crippen LogP) is -4.59. The van der Waals surface area contributed by atoms with Crippen LogP contribution in [0.25, 0.3) is 0 Å². The van der Waals surface area contributed by atoms with E-state index in [1.165, 1.54) is 0 Å². The molecule has 0 spiro atoms. The van der Waals surface area contributed by atoms with Crippen LogP contribution in [0.15, 0.2) is 0 Å². The first kappa shape index (κ1) is 43.7. The summed E-state index contributed by atoms with van der Waals surface area (Å²) in [5, 5.41) is 58.8. The quantitative estimate of drug-likeness (QED) is 0.158. The van der Waals surface area contributed by atoms with Crippen LogP contribution >= 0.6 is 73.3 Å². The average molecular weight is 810 g/mol. The summed E-state index contributed by atoms with van der Waals surface area (Å²) >= 11 is 25.5. The Hall–Kier alpha value is 1.61. The zero-order valence-electron chi connectivity index (χ0n) is 16.8. The number of hydrogen-bond donors (Lipinski definition) is 3. The van der Waals surface area contributed by atoms with Crippen molar-refractivity contribution in [2.45, 2.75) is 56.7 Å². The third-order valence-electron chi connectivity index (χ3n) is 2.89. The number of nitrogens with two attached hydrogens (primary N) is 3. The van der Waals surface area contributed by atoms with Crippen molar-refractivity contribution in [2.24, 2.45) is 17.2 Å². The Morgan fingerprint density at radius 1 is 0.469 bits per heavy atom. The normalized spacial score (nSPS) is 11.7. The minimum atomic E-state index is -0.707. The van der Waals surface area contributed by atoms with Crippen LogP contribution in [0.1, 0.15) is 38.5 Å². The SMILES string of the molecule is NC(CCC([O-])=S)C([O-])=S.NC(CCC([O-])=S)C([O-])=S.NC(CCC([O-])=S)C([O-])=S.[La+3].[La+3]. The van der Waals surface area contributed by atoms with Crippen molar-refractivity contribution >= 4 is 104 Å². The van der Waals surface area contributed by atoms with Gasteiger partial charge in [0.25, 0.3) is 0 Å². The Morgan fingerprint density at radius 3 is 0.719 bits per heavy atom. The van der Waals surface area contributed by atoms with E-state index in [4.69, 9.17) is 17.2 Å². The monoisotopic (exact) mass is 809 g/mol. The van der Waals surface area contributed by atoms with E-state index in [2.05, 4.69) is 73.3 Å². The van der Waals surface area contributed by atoms with Gasteiger partial charge in [0.05, 0.1) is 0 Å². The molecule has 6 N–H and O–H groups in total. The number of hydrogen-bond acceptors (Lipinski definition) is 15. The molecule has 0 radical (unpaired) electrons. The predicted molar refractivity (Wildman–Crippen MR) is 127 cm³/mol. The molecule has 9 nitrogen and oxygen atoms in total. The van der Waals surface area contributed by atoms with E-state index in [1.54, 1.807) is 0 Å². The van der Waals surface area contributed by atoms with Crippen molar-refractivity contribution in [3.63, 3.8) is 0 Å². The van der Waals surface area contributed by atoms with Gasteiger partial charge in [0, 0.05) is 18.1 Å². The Labute approximate surface area is 275 Å². The van der Waals surface area contributed by atoms with Crippen molar-refractivity contribution in [2.75, 3.05) is 0 Å². The van der Waals surface area contributed by atoms with Crippen molar-refractivity contribution in [3.8, 4) is 0 Å². The Balaban J connectivity index is -0.000000110. The number of rotatable bonds is 12. The van der Waals surface area contributed by atoms with Gasteiger partial charge in [-0.25, -0.2) is 0 Å². The van der Waals surface area contributed by atoms with E-state index in [-0.39, 0.29) is 125 Å². The van der Waals surface area contributed by atoms with Crippen LogP contribution in [0.3, 0.4) is 0 Å². The van der Waals surface area contributed by atoms with Gasteiger partial charge in [0.2, 0.25) is 0 Å². The summed E-state index contributed by atoms with van der Waals surface area (Å²) in [6.07, 6.45) is 1.26. The van der Waals surface area contributed by atoms with Crippen LogP contribution in [0.2, 0.25) is 0 Å². The smallest absolute Gasteiger partial charge is 0.867 e. The molecule has 17 heteroatoms. The van der Waals surface area contributed by atoms with Gasteiger partial charge >= 0.3 is 71.2 Å². The van der Waals surface area contributed by atoms with E-state index in [1.807, 2.05) is 0 Å². The fourth-order valence-corrected chi connectivity index (χ4v) is 1.88. The molecular weight excluding hydrogens is 788 g/mol. The molecule has 3 unspecified atom stereocenters. The van der Waals surface area contributed by atoms with E-state index < -0.39 is 33.3 Å². The van der Waals surface area contributed by atoms with Crippen LogP contribution in [-0.4, -0.2) is 48.4 Å². The summed E-state index contributed by atoms with van der Waals surface area (Å²) in [6.45, 7) is 0. The average Bonchev–Trinajstić information content (AvgIpc) is 2.62. The molecule has 0 aromatic heterocycles. The van der Waals surface area contributed by atoms with Gasteiger partial charge in [0.15, 0.2) is 0 Å². The topological polar surface area (TPSA) is 216 Å². The zero-order valence-corrected chi connectivity index (χ0v) is 28.9. The van der Waals surface area contributed by atoms with E-state index in [9.17, 15) is 30.6 Å². The molecule has 0 saturated carbocycles. The molecule has 0 heterocycles. The molecule has 0 saturated heterocycles. The van der Waals surface area contributed by atoms with Crippen LogP contribution in [0, 0.1) is 71.2 Å². The van der Waals surface area contributed by atoms with Gasteiger partial charge in [-0.2, -0.15) is 0 Å². The molecule has 0 aromatic rings. The minimum Gasteiger partial charge on any atom is -0.867 e. The van der Waals surface area contributed by atoms with Gasteiger partial charge in [-0.15, -0.1) is 73.3 Å². The second kappa shape index (κ2) is 27.2. The maximum Gasteiger partial charge on any atom is 3.00 e. The molecule has 0 fully saturated rings. The van der Waals surface area contributed by atoms with E-state index in [0.29, 0.717) is 0 Å². The molecular formula is C15H21La2N3O6S6. The maximum absolute atomic E-state index is 10.3. The fraction of sp³-hybridized carbons (Fsp3) is 0.600. The minimum absolute atomic E-state index is 0. The molecule has 0 aliphatic carbocycles. The molecule has 32 heavy (non-hydrogen) atoms. The second-order valence-electron chi connectivity index (χ2n) is 5.51. The molecule has 0 aromatic carbocycles. The first-order chi connectivity index (χ1) is 13.6. The standard InChI is InChI=1S/3C5H9NO2S2.2La/c3*6-3(5(8)10)1-2-4(7)9;;/h3*3H,1-2,6H2,(H,7,9)(H,8,10);;/q;;;2*+3/p-6. The summed E-state index contributed by atoms with van der Waals surface area (Å²) < 4.78 is 0. The van der Waals surface area contributed by atoms with E-state index in [0.717, 1.165) is 0 Å². The van der Waals surface area contributed by atoms with E-state index >= 15 is 0 Å². The summed E-state index contributed by atoms with van der Waals surface area (Å²) in [6, 6.07) is -2.12. The second-order valence-corrected chi connectivity index (χ2v) is 8.08. The van der Waals surface area contributed by atoms with Crippen LogP contribution in [0.4, 0.5) is 0 Å². The molecule has 174 valence electrons. The summed E-state index contributed by atoms with van der Waals surface area (Å²) in [5.74, 6) is 0. The zero-order chi connectivity index (χ0) is 24.4. The first-order valence-electron chi connectivity index (χ1n) is 8.10. The largest absolute Gasteiger partial charge is 3.00 e. The van der Waals surface area contributed by atoms with Gasteiger partial charge in [-0.3, -0.25) is 0 Å². The summed E-state index contributed by atoms with van der Waals surface area (Å²) in [7, 11) is 0. The van der Waals surface area contributed by atoms with Crippen molar-refractivity contribution in [1.29, 1.82) is 0 Å². The molecule has 3 atom stereocenters. The van der Waals surface area contributed by atoms with Crippen molar-refractivity contribution in [3.05, 3.63) is 0 Å². The van der Waals surface area contributed by atoms with Crippen LogP contribution in [-0.2, 0) is 0 Å². The summed E-state index contributed by atoms with van der Waals surface area (Å²) in [4.78, 5) is 0. The van der Waals surface area contributed by atoms with Gasteiger partial charge < -0.3 is 47.8 Å². The first-order valence-corrected chi connectivity index (χ1v) is 10.6. The van der Waals surface area contributed by atoms with Crippen molar-refractivity contribution in [1.82, 2.24) is 0 Å². The fourth-order valence-electron chi connectivity index (χ4n) is 1.17. The molecule has 0 aliphatic rings. The number of thiocarbonyl (C=S) groups is 6. The maximum atomic E-state index is 10.3. The Kier molecular flexibility index (Phi) is 37.1. The third kappa shape index (κ3) is 36.2. The van der Waals surface area contributed by atoms with Gasteiger partial charge in [0.1, 0.15) is 0 Å². The van der Waals surface area contributed by atoms with Gasteiger partial charge in [-0.1, -0.05) is 15.2 Å². The molecule has 0 rings (SSSR count). The van der Waals surface area contributed by atoms with Crippen LogP contribution < -0.4 is 47.8 Å². The molecule has 0 bridgehead atoms. The summed E-state index contributed by atoms with van der Waals surface area (Å²) in [5.41, 5.74) is 15.6. The molecule has 0 amide bonds. The third-order valence-corrected chi connectivity index (χ3v) is 4.41. The van der Waals surface area contributed by atoms with Gasteiger partial charge in [-0.05, 0) is 53.7 Å². The molecule has 0 aliphatic heterocycles. The Morgan fingerprint density at radius 2 is 0.625 bits per heavy atom.